The van der Waals surface area contributed by atoms with Crippen molar-refractivity contribution in [3.05, 3.63) is 11.7 Å². The summed E-state index contributed by atoms with van der Waals surface area (Å²) in [5.74, 6) is 0.884. The van der Waals surface area contributed by atoms with Crippen LogP contribution in [0.15, 0.2) is 4.52 Å². The maximum absolute atomic E-state index is 10.4. The molecule has 1 aliphatic heterocycles. The number of hydrogen-bond acceptors (Lipinski definition) is 5. The van der Waals surface area contributed by atoms with Gasteiger partial charge in [-0.3, -0.25) is 4.79 Å². The molecule has 18 heavy (non-hydrogen) atoms. The Morgan fingerprint density at radius 1 is 1.61 bits per heavy atom. The molecule has 1 aliphatic rings. The first-order chi connectivity index (χ1) is 8.67. The van der Waals surface area contributed by atoms with Crippen LogP contribution in [0.4, 0.5) is 0 Å². The van der Waals surface area contributed by atoms with E-state index < -0.39 is 5.97 Å². The molecule has 1 aromatic heterocycles. The first-order valence-corrected chi connectivity index (χ1v) is 6.43. The minimum atomic E-state index is -0.843. The smallest absolute Gasteiger partial charge is 0.303 e. The maximum Gasteiger partial charge on any atom is 0.303 e. The van der Waals surface area contributed by atoms with E-state index in [0.717, 1.165) is 26.1 Å². The fourth-order valence-corrected chi connectivity index (χ4v) is 2.31. The first-order valence-electron chi connectivity index (χ1n) is 6.43. The van der Waals surface area contributed by atoms with Crippen molar-refractivity contribution in [2.75, 3.05) is 19.6 Å². The van der Waals surface area contributed by atoms with Crippen LogP contribution in [0, 0.1) is 5.92 Å². The normalized spacial score (nSPS) is 20.4. The Balaban J connectivity index is 1.81. The highest BCUT2D eigenvalue weighted by molar-refractivity contribution is 5.66. The van der Waals surface area contributed by atoms with Crippen molar-refractivity contribution >= 4 is 5.97 Å². The van der Waals surface area contributed by atoms with Crippen LogP contribution < -0.4 is 0 Å². The van der Waals surface area contributed by atoms with Crippen molar-refractivity contribution in [2.24, 2.45) is 5.92 Å². The van der Waals surface area contributed by atoms with Gasteiger partial charge in [0.25, 0.3) is 0 Å². The van der Waals surface area contributed by atoms with E-state index in [0.29, 0.717) is 24.1 Å². The number of aromatic nitrogens is 2. The van der Waals surface area contributed by atoms with Gasteiger partial charge in [0.1, 0.15) is 0 Å². The first kappa shape index (κ1) is 13.0. The van der Waals surface area contributed by atoms with Crippen LogP contribution in [-0.4, -0.2) is 45.8 Å². The Hall–Kier alpha value is -1.43. The third-order valence-corrected chi connectivity index (χ3v) is 3.35. The minimum absolute atomic E-state index is 0.0364. The van der Waals surface area contributed by atoms with Crippen molar-refractivity contribution in [2.45, 2.75) is 32.6 Å². The van der Waals surface area contributed by atoms with Gasteiger partial charge in [0.05, 0.1) is 6.42 Å². The summed E-state index contributed by atoms with van der Waals surface area (Å²) in [6, 6.07) is 0. The number of likely N-dealkylation sites (tertiary alicyclic amines) is 1. The minimum Gasteiger partial charge on any atom is -0.481 e. The van der Waals surface area contributed by atoms with Crippen LogP contribution in [0.25, 0.3) is 0 Å². The molecule has 2 heterocycles. The molecule has 0 radical (unpaired) electrons. The van der Waals surface area contributed by atoms with Gasteiger partial charge < -0.3 is 14.5 Å². The number of rotatable bonds is 6. The lowest BCUT2D eigenvalue weighted by Crippen LogP contribution is -2.20. The number of aliphatic carboxylic acids is 1. The van der Waals surface area contributed by atoms with Crippen LogP contribution in [0.1, 0.15) is 31.5 Å². The average Bonchev–Trinajstić information content (AvgIpc) is 2.96. The van der Waals surface area contributed by atoms with E-state index in [9.17, 15) is 4.79 Å². The third kappa shape index (κ3) is 3.53. The summed E-state index contributed by atoms with van der Waals surface area (Å²) in [4.78, 5) is 17.1. The topological polar surface area (TPSA) is 79.5 Å². The van der Waals surface area contributed by atoms with E-state index in [4.69, 9.17) is 9.63 Å². The summed E-state index contributed by atoms with van der Waals surface area (Å²) in [6.07, 6.45) is 2.35. The molecule has 1 atom stereocenters. The van der Waals surface area contributed by atoms with Crippen molar-refractivity contribution in [1.82, 2.24) is 15.0 Å². The summed E-state index contributed by atoms with van der Waals surface area (Å²) in [5, 5.41) is 12.5. The van der Waals surface area contributed by atoms with E-state index in [-0.39, 0.29) is 6.42 Å². The second-order valence-electron chi connectivity index (χ2n) is 4.75. The third-order valence-electron chi connectivity index (χ3n) is 3.35. The highest BCUT2D eigenvalue weighted by Crippen LogP contribution is 2.19. The lowest BCUT2D eigenvalue weighted by Gasteiger charge is -2.11. The Morgan fingerprint density at radius 2 is 2.44 bits per heavy atom. The van der Waals surface area contributed by atoms with Crippen LogP contribution >= 0.6 is 0 Å². The van der Waals surface area contributed by atoms with Crippen LogP contribution in [0.2, 0.25) is 0 Å². The predicted molar refractivity (Wildman–Crippen MR) is 64.2 cm³/mol. The zero-order valence-electron chi connectivity index (χ0n) is 10.6. The van der Waals surface area contributed by atoms with Crippen LogP contribution in [0.5, 0.6) is 0 Å². The summed E-state index contributed by atoms with van der Waals surface area (Å²) >= 11 is 0. The van der Waals surface area contributed by atoms with Gasteiger partial charge in [0, 0.05) is 19.4 Å². The molecule has 6 heteroatoms. The van der Waals surface area contributed by atoms with E-state index in [1.165, 1.54) is 6.42 Å². The molecule has 2 rings (SSSR count). The number of nitrogens with zero attached hydrogens (tertiary/aromatic N) is 3. The summed E-state index contributed by atoms with van der Waals surface area (Å²) < 4.78 is 5.04. The maximum atomic E-state index is 10.4. The van der Waals surface area contributed by atoms with Gasteiger partial charge in [-0.1, -0.05) is 12.1 Å². The Kier molecular flexibility index (Phi) is 4.30. The lowest BCUT2D eigenvalue weighted by atomic mass is 10.1. The highest BCUT2D eigenvalue weighted by Gasteiger charge is 2.23. The Labute approximate surface area is 106 Å². The van der Waals surface area contributed by atoms with Crippen LogP contribution in [0.3, 0.4) is 0 Å². The zero-order chi connectivity index (χ0) is 13.0. The van der Waals surface area contributed by atoms with Gasteiger partial charge in [-0.25, -0.2) is 0 Å². The summed E-state index contributed by atoms with van der Waals surface area (Å²) in [7, 11) is 0. The number of carboxylic acid groups (broad SMARTS) is 1. The molecule has 1 fully saturated rings. The number of aryl methyl sites for hydroxylation is 1. The molecule has 0 aliphatic carbocycles. The van der Waals surface area contributed by atoms with Crippen molar-refractivity contribution < 1.29 is 14.4 Å². The van der Waals surface area contributed by atoms with Crippen molar-refractivity contribution in [3.63, 3.8) is 0 Å². The quantitative estimate of drug-likeness (QED) is 0.813. The Morgan fingerprint density at radius 3 is 3.11 bits per heavy atom. The number of carbonyl (C=O) groups is 1. The monoisotopic (exact) mass is 253 g/mol. The van der Waals surface area contributed by atoms with Gasteiger partial charge >= 0.3 is 5.97 Å². The molecular formula is C12H19N3O3. The molecule has 0 bridgehead atoms. The van der Waals surface area contributed by atoms with Gasteiger partial charge in [0.2, 0.25) is 5.89 Å². The van der Waals surface area contributed by atoms with Crippen molar-refractivity contribution in [3.8, 4) is 0 Å². The molecule has 1 aromatic rings. The molecule has 6 nitrogen and oxygen atoms in total. The molecule has 100 valence electrons. The van der Waals surface area contributed by atoms with Crippen molar-refractivity contribution in [1.29, 1.82) is 0 Å². The fraction of sp³-hybridized carbons (Fsp3) is 0.750. The second-order valence-corrected chi connectivity index (χ2v) is 4.75. The van der Waals surface area contributed by atoms with E-state index in [2.05, 4.69) is 22.0 Å². The average molecular weight is 253 g/mol. The fourth-order valence-electron chi connectivity index (χ4n) is 2.31. The molecule has 0 saturated carbocycles. The molecule has 1 N–H and O–H groups in total. The molecular weight excluding hydrogens is 234 g/mol. The van der Waals surface area contributed by atoms with Gasteiger partial charge in [-0.15, -0.1) is 0 Å². The second kappa shape index (κ2) is 5.95. The zero-order valence-corrected chi connectivity index (χ0v) is 10.6. The summed E-state index contributed by atoms with van der Waals surface area (Å²) in [5.41, 5.74) is 0. The highest BCUT2D eigenvalue weighted by atomic mass is 16.5. The molecule has 1 saturated heterocycles. The molecule has 0 aromatic carbocycles. The molecule has 0 amide bonds. The SMILES string of the molecule is CCN1CCC(Cc2noc(CCC(=O)O)n2)C1. The standard InChI is InChI=1S/C12H19N3O3/c1-2-15-6-5-9(8-15)7-10-13-11(18-14-10)3-4-12(16)17/h9H,2-8H2,1H3,(H,16,17). The molecule has 1 unspecified atom stereocenters. The lowest BCUT2D eigenvalue weighted by molar-refractivity contribution is -0.137. The largest absolute Gasteiger partial charge is 0.481 e. The van der Waals surface area contributed by atoms with Gasteiger partial charge in [-0.05, 0) is 25.4 Å². The predicted octanol–water partition coefficient (Wildman–Crippen LogP) is 0.971. The van der Waals surface area contributed by atoms with E-state index in [1.54, 1.807) is 0 Å². The Bertz CT molecular complexity index is 405. The van der Waals surface area contributed by atoms with Gasteiger partial charge in [-0.2, -0.15) is 4.98 Å². The molecule has 0 spiro atoms. The van der Waals surface area contributed by atoms with Gasteiger partial charge in [0.15, 0.2) is 5.82 Å². The number of hydrogen-bond donors (Lipinski definition) is 1. The van der Waals surface area contributed by atoms with E-state index >= 15 is 0 Å². The summed E-state index contributed by atoms with van der Waals surface area (Å²) in [6.45, 7) is 5.49. The number of carboxylic acids is 1. The van der Waals surface area contributed by atoms with Crippen LogP contribution in [-0.2, 0) is 17.6 Å². The van der Waals surface area contributed by atoms with E-state index in [1.807, 2.05) is 0 Å².